The van der Waals surface area contributed by atoms with Crippen molar-refractivity contribution in [1.82, 2.24) is 4.90 Å². The normalized spacial score (nSPS) is 33.6. The van der Waals surface area contributed by atoms with Crippen LogP contribution in [0.5, 0.6) is 0 Å². The van der Waals surface area contributed by atoms with E-state index in [2.05, 4.69) is 6.92 Å². The van der Waals surface area contributed by atoms with E-state index in [0.717, 1.165) is 25.9 Å². The van der Waals surface area contributed by atoms with Crippen LogP contribution in [-0.2, 0) is 14.2 Å². The lowest BCUT2D eigenvalue weighted by molar-refractivity contribution is -0.194. The Labute approximate surface area is 171 Å². The fraction of sp³-hybridized carbons (Fsp3) is 0.957. The number of carbonyl (C=O) groups is 1. The van der Waals surface area contributed by atoms with E-state index >= 15 is 0 Å². The Kier molecular flexibility index (Phi) is 6.65. The Balaban J connectivity index is 1.83. The molecule has 1 aliphatic carbocycles. The molecule has 0 N–H and O–H groups in total. The second kappa shape index (κ2) is 8.51. The van der Waals surface area contributed by atoms with Crippen LogP contribution in [0.1, 0.15) is 92.9 Å². The molecule has 5 heteroatoms. The summed E-state index contributed by atoms with van der Waals surface area (Å²) in [4.78, 5) is 15.1. The second-order valence-electron chi connectivity index (χ2n) is 10.5. The van der Waals surface area contributed by atoms with Crippen molar-refractivity contribution < 1.29 is 19.0 Å². The Morgan fingerprint density at radius 1 is 1.14 bits per heavy atom. The molecular weight excluding hydrogens is 354 g/mol. The molecule has 0 unspecified atom stereocenters. The first-order valence-electron chi connectivity index (χ1n) is 11.4. The molecule has 2 aliphatic heterocycles. The molecule has 3 fully saturated rings. The molecule has 0 aromatic rings. The third-order valence-electron chi connectivity index (χ3n) is 6.56. The number of amides is 1. The Hall–Kier alpha value is -0.810. The van der Waals surface area contributed by atoms with Gasteiger partial charge in [-0.15, -0.1) is 0 Å². The molecule has 3 aliphatic rings. The van der Waals surface area contributed by atoms with Crippen LogP contribution >= 0.6 is 0 Å². The minimum atomic E-state index is -0.679. The quantitative estimate of drug-likeness (QED) is 0.615. The van der Waals surface area contributed by atoms with Crippen LogP contribution < -0.4 is 0 Å². The molecule has 0 radical (unpaired) electrons. The summed E-state index contributed by atoms with van der Waals surface area (Å²) in [5.74, 6) is 1.20. The molecule has 162 valence electrons. The fourth-order valence-corrected chi connectivity index (χ4v) is 5.30. The number of nitrogens with zero attached hydrogens (tertiary/aromatic N) is 1. The average molecular weight is 396 g/mol. The molecule has 28 heavy (non-hydrogen) atoms. The number of hydrogen-bond acceptors (Lipinski definition) is 4. The Bertz CT molecular complexity index is 535. The van der Waals surface area contributed by atoms with Gasteiger partial charge in [-0.3, -0.25) is 4.90 Å². The zero-order valence-corrected chi connectivity index (χ0v) is 18.8. The molecule has 0 bridgehead atoms. The highest BCUT2D eigenvalue weighted by Gasteiger charge is 2.56. The van der Waals surface area contributed by atoms with E-state index in [-0.39, 0.29) is 24.3 Å². The molecule has 2 saturated heterocycles. The molecular formula is C23H41NO4. The van der Waals surface area contributed by atoms with Gasteiger partial charge >= 0.3 is 6.09 Å². The lowest BCUT2D eigenvalue weighted by Gasteiger charge is -2.43. The molecule has 0 spiro atoms. The van der Waals surface area contributed by atoms with Gasteiger partial charge in [-0.25, -0.2) is 4.79 Å². The van der Waals surface area contributed by atoms with Gasteiger partial charge in [-0.1, -0.05) is 45.4 Å². The molecule has 0 aromatic carbocycles. The van der Waals surface area contributed by atoms with Crippen LogP contribution in [0.15, 0.2) is 0 Å². The number of carbonyl (C=O) groups excluding carboxylic acids is 1. The third-order valence-corrected chi connectivity index (χ3v) is 6.56. The minimum absolute atomic E-state index is 0.0256. The van der Waals surface area contributed by atoms with Crippen molar-refractivity contribution in [1.29, 1.82) is 0 Å². The zero-order valence-electron chi connectivity index (χ0n) is 18.8. The van der Waals surface area contributed by atoms with E-state index in [0.29, 0.717) is 11.8 Å². The third kappa shape index (κ3) is 4.84. The van der Waals surface area contributed by atoms with E-state index in [1.165, 1.54) is 32.1 Å². The predicted octanol–water partition coefficient (Wildman–Crippen LogP) is 5.51. The van der Waals surface area contributed by atoms with Crippen molar-refractivity contribution in [3.05, 3.63) is 0 Å². The average Bonchev–Trinajstić information content (AvgIpc) is 2.81. The maximum Gasteiger partial charge on any atom is 0.412 e. The van der Waals surface area contributed by atoms with Gasteiger partial charge in [0.15, 0.2) is 0 Å². The summed E-state index contributed by atoms with van der Waals surface area (Å²) in [6.45, 7) is 12.8. The van der Waals surface area contributed by atoms with Crippen molar-refractivity contribution in [3.8, 4) is 0 Å². The highest BCUT2D eigenvalue weighted by molar-refractivity contribution is 5.70. The molecule has 3 rings (SSSR count). The largest absolute Gasteiger partial charge is 0.444 e. The van der Waals surface area contributed by atoms with Crippen LogP contribution in [0.4, 0.5) is 4.79 Å². The first-order valence-corrected chi connectivity index (χ1v) is 11.4. The van der Waals surface area contributed by atoms with E-state index in [1.807, 2.05) is 39.5 Å². The van der Waals surface area contributed by atoms with Crippen molar-refractivity contribution >= 4 is 6.09 Å². The lowest BCUT2D eigenvalue weighted by Crippen LogP contribution is -2.55. The van der Waals surface area contributed by atoms with Crippen LogP contribution in [-0.4, -0.2) is 47.2 Å². The highest BCUT2D eigenvalue weighted by atomic mass is 16.6. The summed E-state index contributed by atoms with van der Waals surface area (Å²) < 4.78 is 18.3. The highest BCUT2D eigenvalue weighted by Crippen LogP contribution is 2.44. The standard InChI is InChI=1S/C23H41NO4/c1-7-11-17-15-26-19(17)20-18(14-16-12-9-8-10-13-16)24(23(5,6)27-20)21(25)28-22(2,3)4/h16-20H,7-15H2,1-6H3/t17-,18-,19-,20+/m0/s1. The first-order chi connectivity index (χ1) is 13.1. The van der Waals surface area contributed by atoms with Crippen LogP contribution in [0, 0.1) is 11.8 Å². The van der Waals surface area contributed by atoms with Crippen molar-refractivity contribution in [3.63, 3.8) is 0 Å². The van der Waals surface area contributed by atoms with Gasteiger partial charge in [0.2, 0.25) is 0 Å². The summed E-state index contributed by atoms with van der Waals surface area (Å²) in [5, 5.41) is 0. The maximum atomic E-state index is 13.2. The SMILES string of the molecule is CCC[C@H]1CO[C@@H]1[C@@H]1OC(C)(C)N(C(=O)OC(C)(C)C)[C@H]1CC1CCCCC1. The number of rotatable bonds is 5. The molecule has 1 amide bonds. The van der Waals surface area contributed by atoms with Crippen molar-refractivity contribution in [2.45, 2.75) is 122 Å². The zero-order chi connectivity index (χ0) is 20.5. The van der Waals surface area contributed by atoms with Gasteiger partial charge < -0.3 is 14.2 Å². The molecule has 4 atom stereocenters. The number of ether oxygens (including phenoxy) is 3. The lowest BCUT2D eigenvalue weighted by atomic mass is 9.80. The summed E-state index contributed by atoms with van der Waals surface area (Å²) >= 11 is 0. The van der Waals surface area contributed by atoms with Gasteiger partial charge in [0.05, 0.1) is 18.8 Å². The molecule has 1 saturated carbocycles. The minimum Gasteiger partial charge on any atom is -0.444 e. The van der Waals surface area contributed by atoms with Gasteiger partial charge in [-0.2, -0.15) is 0 Å². The smallest absolute Gasteiger partial charge is 0.412 e. The Morgan fingerprint density at radius 2 is 1.82 bits per heavy atom. The molecule has 0 aromatic heterocycles. The van der Waals surface area contributed by atoms with Crippen molar-refractivity contribution in [2.24, 2.45) is 11.8 Å². The topological polar surface area (TPSA) is 48.0 Å². The molecule has 5 nitrogen and oxygen atoms in total. The Morgan fingerprint density at radius 3 is 2.36 bits per heavy atom. The van der Waals surface area contributed by atoms with E-state index < -0.39 is 11.3 Å². The van der Waals surface area contributed by atoms with E-state index in [1.54, 1.807) is 0 Å². The first kappa shape index (κ1) is 21.9. The van der Waals surface area contributed by atoms with E-state index in [9.17, 15) is 4.79 Å². The van der Waals surface area contributed by atoms with Crippen molar-refractivity contribution in [2.75, 3.05) is 6.61 Å². The predicted molar refractivity (Wildman–Crippen MR) is 110 cm³/mol. The van der Waals surface area contributed by atoms with Crippen LogP contribution in [0.3, 0.4) is 0 Å². The van der Waals surface area contributed by atoms with Crippen LogP contribution in [0.25, 0.3) is 0 Å². The summed E-state index contributed by atoms with van der Waals surface area (Å²) in [7, 11) is 0. The van der Waals surface area contributed by atoms with Gasteiger partial charge in [-0.05, 0) is 53.4 Å². The summed E-state index contributed by atoms with van der Waals surface area (Å²) in [6, 6.07) is 0.0256. The van der Waals surface area contributed by atoms with Crippen LogP contribution in [0.2, 0.25) is 0 Å². The molecule has 2 heterocycles. The number of hydrogen-bond donors (Lipinski definition) is 0. The fourth-order valence-electron chi connectivity index (χ4n) is 5.30. The van der Waals surface area contributed by atoms with E-state index in [4.69, 9.17) is 14.2 Å². The van der Waals surface area contributed by atoms with Gasteiger partial charge in [0.1, 0.15) is 17.4 Å². The van der Waals surface area contributed by atoms with Gasteiger partial charge in [0.25, 0.3) is 0 Å². The maximum absolute atomic E-state index is 13.2. The second-order valence-corrected chi connectivity index (χ2v) is 10.5. The summed E-state index contributed by atoms with van der Waals surface area (Å²) in [5.41, 5.74) is -1.19. The van der Waals surface area contributed by atoms with Gasteiger partial charge in [0, 0.05) is 5.92 Å². The summed E-state index contributed by atoms with van der Waals surface area (Å²) in [6.07, 6.45) is 9.55. The monoisotopic (exact) mass is 395 g/mol.